The topological polar surface area (TPSA) is 0 Å². The maximum Gasteiger partial charge on any atom is -0.0238 e. The van der Waals surface area contributed by atoms with E-state index in [2.05, 4.69) is 27.7 Å². The van der Waals surface area contributed by atoms with Gasteiger partial charge in [0, 0.05) is 0 Å². The summed E-state index contributed by atoms with van der Waals surface area (Å²) in [6.45, 7) is 10.3. The van der Waals surface area contributed by atoms with Crippen LogP contribution < -0.4 is 0 Å². The van der Waals surface area contributed by atoms with Crippen molar-refractivity contribution in [1.29, 1.82) is 0 Å². The molecule has 0 bridgehead atoms. The molecule has 3 fully saturated rings. The molecule has 0 heteroatoms. The molecule has 0 saturated heterocycles. The van der Waals surface area contributed by atoms with Crippen LogP contribution in [0.25, 0.3) is 0 Å². The van der Waals surface area contributed by atoms with Gasteiger partial charge in [-0.3, -0.25) is 0 Å². The first-order valence-corrected chi connectivity index (χ1v) is 10.5. The van der Waals surface area contributed by atoms with Crippen LogP contribution in [0, 0.1) is 34.5 Å². The number of hydrogen-bond donors (Lipinski definition) is 0. The van der Waals surface area contributed by atoms with Crippen LogP contribution in [0.1, 0.15) is 105 Å². The fraction of sp³-hybridized carbons (Fsp3) is 1.00. The highest BCUT2D eigenvalue weighted by Crippen LogP contribution is 2.64. The Morgan fingerprint density at radius 3 is 1.86 bits per heavy atom. The van der Waals surface area contributed by atoms with E-state index in [-0.39, 0.29) is 0 Å². The van der Waals surface area contributed by atoms with Gasteiger partial charge in [0.25, 0.3) is 0 Å². The minimum Gasteiger partial charge on any atom is -0.0622 e. The van der Waals surface area contributed by atoms with E-state index in [1.54, 1.807) is 6.42 Å². The van der Waals surface area contributed by atoms with Crippen LogP contribution in [0.5, 0.6) is 0 Å². The lowest BCUT2D eigenvalue weighted by Gasteiger charge is -2.44. The van der Waals surface area contributed by atoms with Crippen molar-refractivity contribution in [1.82, 2.24) is 0 Å². The van der Waals surface area contributed by atoms with Gasteiger partial charge in [0.2, 0.25) is 0 Å². The van der Waals surface area contributed by atoms with Crippen LogP contribution >= 0.6 is 0 Å². The molecule has 0 spiro atoms. The molecule has 0 aromatic heterocycles. The van der Waals surface area contributed by atoms with E-state index in [0.29, 0.717) is 10.8 Å². The average Bonchev–Trinajstić information content (AvgIpc) is 2.82. The maximum absolute atomic E-state index is 2.62. The summed E-state index contributed by atoms with van der Waals surface area (Å²) < 4.78 is 0. The van der Waals surface area contributed by atoms with Crippen molar-refractivity contribution in [3.8, 4) is 0 Å². The highest BCUT2D eigenvalue weighted by atomic mass is 14.6. The van der Waals surface area contributed by atoms with Crippen molar-refractivity contribution in [2.75, 3.05) is 0 Å². The first kappa shape index (κ1) is 16.8. The molecule has 2 atom stereocenters. The molecule has 3 saturated carbocycles. The summed E-state index contributed by atoms with van der Waals surface area (Å²) in [5, 5.41) is 0. The maximum atomic E-state index is 2.62. The van der Waals surface area contributed by atoms with Crippen molar-refractivity contribution < 1.29 is 0 Å². The molecule has 22 heavy (non-hydrogen) atoms. The SMILES string of the molecule is CC(C)C1(C2CCCCC2)CC(C2CCCCC2)C(C)(C)C1. The normalized spacial score (nSPS) is 37.8. The van der Waals surface area contributed by atoms with E-state index in [4.69, 9.17) is 0 Å². The van der Waals surface area contributed by atoms with Gasteiger partial charge < -0.3 is 0 Å². The molecule has 3 rings (SSSR count). The second-order valence-corrected chi connectivity index (χ2v) is 10.1. The molecule has 0 amide bonds. The van der Waals surface area contributed by atoms with Gasteiger partial charge >= 0.3 is 0 Å². The molecule has 3 aliphatic rings. The highest BCUT2D eigenvalue weighted by molar-refractivity contribution is 5.05. The Morgan fingerprint density at radius 2 is 1.32 bits per heavy atom. The zero-order chi connectivity index (χ0) is 15.8. The van der Waals surface area contributed by atoms with E-state index < -0.39 is 0 Å². The van der Waals surface area contributed by atoms with Crippen LogP contribution in [0.2, 0.25) is 0 Å². The molecule has 3 aliphatic carbocycles. The number of rotatable bonds is 3. The minimum atomic E-state index is 0.587. The Hall–Kier alpha value is 0. The largest absolute Gasteiger partial charge is 0.0622 e. The summed E-state index contributed by atoms with van der Waals surface area (Å²) in [7, 11) is 0. The summed E-state index contributed by atoms with van der Waals surface area (Å²) in [6, 6.07) is 0. The third kappa shape index (κ3) is 3.01. The van der Waals surface area contributed by atoms with Gasteiger partial charge in [-0.2, -0.15) is 0 Å². The summed E-state index contributed by atoms with van der Waals surface area (Å²) in [6.07, 6.45) is 18.3. The smallest absolute Gasteiger partial charge is 0.0238 e. The van der Waals surface area contributed by atoms with Gasteiger partial charge in [-0.05, 0) is 60.2 Å². The van der Waals surface area contributed by atoms with Crippen LogP contribution in [-0.2, 0) is 0 Å². The zero-order valence-corrected chi connectivity index (χ0v) is 15.8. The molecular formula is C22H40. The van der Waals surface area contributed by atoms with Crippen LogP contribution in [0.4, 0.5) is 0 Å². The summed E-state index contributed by atoms with van der Waals surface area (Å²) in [5.74, 6) is 3.97. The van der Waals surface area contributed by atoms with Gasteiger partial charge in [0.15, 0.2) is 0 Å². The predicted octanol–water partition coefficient (Wildman–Crippen LogP) is 7.23. The second-order valence-electron chi connectivity index (χ2n) is 10.1. The molecule has 0 radical (unpaired) electrons. The van der Waals surface area contributed by atoms with Gasteiger partial charge in [-0.15, -0.1) is 0 Å². The third-order valence-corrected chi connectivity index (χ3v) is 8.18. The molecule has 0 N–H and O–H groups in total. The van der Waals surface area contributed by atoms with E-state index in [0.717, 1.165) is 23.7 Å². The fourth-order valence-corrected chi connectivity index (χ4v) is 6.98. The summed E-state index contributed by atoms with van der Waals surface area (Å²) >= 11 is 0. The first-order valence-electron chi connectivity index (χ1n) is 10.5. The molecule has 0 nitrogen and oxygen atoms in total. The van der Waals surface area contributed by atoms with Gasteiger partial charge in [-0.1, -0.05) is 79.1 Å². The third-order valence-electron chi connectivity index (χ3n) is 8.18. The molecule has 0 aromatic carbocycles. The lowest BCUT2D eigenvalue weighted by molar-refractivity contribution is 0.0534. The first-order chi connectivity index (χ1) is 10.5. The van der Waals surface area contributed by atoms with Crippen molar-refractivity contribution in [2.24, 2.45) is 34.5 Å². The van der Waals surface area contributed by atoms with Crippen molar-refractivity contribution in [3.05, 3.63) is 0 Å². The van der Waals surface area contributed by atoms with E-state index >= 15 is 0 Å². The monoisotopic (exact) mass is 304 g/mol. The Balaban J connectivity index is 1.82. The minimum absolute atomic E-state index is 0.587. The quantitative estimate of drug-likeness (QED) is 0.516. The molecule has 2 unspecified atom stereocenters. The van der Waals surface area contributed by atoms with Gasteiger partial charge in [-0.25, -0.2) is 0 Å². The van der Waals surface area contributed by atoms with E-state index in [9.17, 15) is 0 Å². The van der Waals surface area contributed by atoms with Crippen LogP contribution in [-0.4, -0.2) is 0 Å². The summed E-state index contributed by atoms with van der Waals surface area (Å²) in [5.41, 5.74) is 1.26. The standard InChI is InChI=1S/C22H40/c1-17(2)22(19-13-9-6-10-14-19)15-20(21(3,4)16-22)18-11-7-5-8-12-18/h17-20H,5-16H2,1-4H3. The fourth-order valence-electron chi connectivity index (χ4n) is 6.98. The second kappa shape index (κ2) is 6.48. The zero-order valence-electron chi connectivity index (χ0n) is 15.8. The Kier molecular flexibility index (Phi) is 4.96. The molecule has 128 valence electrons. The molecular weight excluding hydrogens is 264 g/mol. The predicted molar refractivity (Wildman–Crippen MR) is 96.9 cm³/mol. The Labute approximate surface area is 139 Å². The highest BCUT2D eigenvalue weighted by Gasteiger charge is 2.55. The number of hydrogen-bond acceptors (Lipinski definition) is 0. The Bertz CT molecular complexity index is 354. The van der Waals surface area contributed by atoms with E-state index in [1.165, 1.54) is 70.6 Å². The van der Waals surface area contributed by atoms with Crippen molar-refractivity contribution in [3.63, 3.8) is 0 Å². The lowest BCUT2D eigenvalue weighted by atomic mass is 9.61. The van der Waals surface area contributed by atoms with E-state index in [1.807, 2.05) is 0 Å². The average molecular weight is 305 g/mol. The summed E-state index contributed by atoms with van der Waals surface area (Å²) in [4.78, 5) is 0. The van der Waals surface area contributed by atoms with Gasteiger partial charge in [0.05, 0.1) is 0 Å². The van der Waals surface area contributed by atoms with Crippen molar-refractivity contribution >= 4 is 0 Å². The lowest BCUT2D eigenvalue weighted by Crippen LogP contribution is -2.35. The van der Waals surface area contributed by atoms with Crippen LogP contribution in [0.15, 0.2) is 0 Å². The molecule has 0 aromatic rings. The Morgan fingerprint density at radius 1 is 0.773 bits per heavy atom. The molecule has 0 aliphatic heterocycles. The van der Waals surface area contributed by atoms with Gasteiger partial charge in [0.1, 0.15) is 0 Å². The molecule has 0 heterocycles. The van der Waals surface area contributed by atoms with Crippen LogP contribution in [0.3, 0.4) is 0 Å². The van der Waals surface area contributed by atoms with Crippen molar-refractivity contribution in [2.45, 2.75) is 105 Å².